The molecule has 3 rings (SSSR count). The molecule has 1 aromatic rings. The number of hydrogen-bond acceptors (Lipinski definition) is 3. The van der Waals surface area contributed by atoms with Gasteiger partial charge in [0.05, 0.1) is 0 Å². The Morgan fingerprint density at radius 2 is 1.80 bits per heavy atom. The second-order valence-electron chi connectivity index (χ2n) is 6.59. The van der Waals surface area contributed by atoms with E-state index in [1.165, 1.54) is 38.0 Å². The Labute approximate surface area is 122 Å². The topological polar surface area (TPSA) is 32.5 Å². The zero-order chi connectivity index (χ0) is 13.9. The average molecular weight is 273 g/mol. The van der Waals surface area contributed by atoms with Gasteiger partial charge in [0, 0.05) is 31.7 Å². The normalized spacial score (nSPS) is 29.9. The fourth-order valence-corrected chi connectivity index (χ4v) is 3.61. The van der Waals surface area contributed by atoms with Crippen molar-refractivity contribution >= 4 is 0 Å². The van der Waals surface area contributed by atoms with E-state index in [0.29, 0.717) is 12.0 Å². The zero-order valence-corrected chi connectivity index (χ0v) is 12.5. The summed E-state index contributed by atoms with van der Waals surface area (Å²) < 4.78 is 0. The predicted molar refractivity (Wildman–Crippen MR) is 83.5 cm³/mol. The van der Waals surface area contributed by atoms with Crippen LogP contribution in [0, 0.1) is 5.92 Å². The molecule has 2 aliphatic heterocycles. The Bertz CT molecular complexity index is 402. The molecule has 0 radical (unpaired) electrons. The van der Waals surface area contributed by atoms with Gasteiger partial charge in [-0.3, -0.25) is 9.80 Å². The van der Waals surface area contributed by atoms with Crippen molar-refractivity contribution < 1.29 is 0 Å². The molecule has 3 nitrogen and oxygen atoms in total. The van der Waals surface area contributed by atoms with E-state index < -0.39 is 0 Å². The molecule has 2 saturated heterocycles. The maximum Gasteiger partial charge on any atom is 0.0233 e. The van der Waals surface area contributed by atoms with Crippen molar-refractivity contribution in [3.05, 3.63) is 35.9 Å². The molecule has 2 N–H and O–H groups in total. The maximum atomic E-state index is 6.15. The lowest BCUT2D eigenvalue weighted by molar-refractivity contribution is 0.120. The third-order valence-electron chi connectivity index (χ3n) is 5.02. The quantitative estimate of drug-likeness (QED) is 0.913. The molecule has 3 heteroatoms. The predicted octanol–water partition coefficient (Wildman–Crippen LogP) is 1.93. The van der Waals surface area contributed by atoms with Crippen LogP contribution in [0.1, 0.15) is 25.3 Å². The smallest absolute Gasteiger partial charge is 0.0233 e. The molecule has 2 fully saturated rings. The van der Waals surface area contributed by atoms with Gasteiger partial charge in [0.25, 0.3) is 0 Å². The Morgan fingerprint density at radius 3 is 2.40 bits per heavy atom. The van der Waals surface area contributed by atoms with E-state index in [9.17, 15) is 0 Å². The lowest BCUT2D eigenvalue weighted by Gasteiger charge is -2.36. The Kier molecular flexibility index (Phi) is 4.39. The number of nitrogens with two attached hydrogens (primary N) is 1. The van der Waals surface area contributed by atoms with E-state index in [-0.39, 0.29) is 0 Å². The van der Waals surface area contributed by atoms with Gasteiger partial charge in [-0.15, -0.1) is 0 Å². The number of benzene rings is 1. The van der Waals surface area contributed by atoms with Gasteiger partial charge >= 0.3 is 0 Å². The molecule has 0 bridgehead atoms. The highest BCUT2D eigenvalue weighted by Gasteiger charge is 2.32. The van der Waals surface area contributed by atoms with Gasteiger partial charge in [0.15, 0.2) is 0 Å². The molecule has 1 aromatic carbocycles. The third kappa shape index (κ3) is 3.22. The van der Waals surface area contributed by atoms with Crippen molar-refractivity contribution in [2.45, 2.75) is 38.4 Å². The first-order valence-corrected chi connectivity index (χ1v) is 7.98. The first-order chi connectivity index (χ1) is 9.72. The molecule has 2 unspecified atom stereocenters. The highest BCUT2D eigenvalue weighted by Crippen LogP contribution is 2.24. The van der Waals surface area contributed by atoms with Crippen LogP contribution in [0.25, 0.3) is 0 Å². The van der Waals surface area contributed by atoms with Crippen molar-refractivity contribution in [3.63, 3.8) is 0 Å². The van der Waals surface area contributed by atoms with Crippen molar-refractivity contribution in [1.29, 1.82) is 0 Å². The molecular weight excluding hydrogens is 246 g/mol. The Hall–Kier alpha value is -0.900. The molecule has 20 heavy (non-hydrogen) atoms. The summed E-state index contributed by atoms with van der Waals surface area (Å²) in [7, 11) is 0. The van der Waals surface area contributed by atoms with Gasteiger partial charge in [-0.25, -0.2) is 0 Å². The molecule has 2 atom stereocenters. The Morgan fingerprint density at radius 1 is 1.10 bits per heavy atom. The minimum Gasteiger partial charge on any atom is -0.326 e. The van der Waals surface area contributed by atoms with E-state index in [4.69, 9.17) is 5.73 Å². The summed E-state index contributed by atoms with van der Waals surface area (Å²) >= 11 is 0. The largest absolute Gasteiger partial charge is 0.326 e. The summed E-state index contributed by atoms with van der Waals surface area (Å²) in [5, 5.41) is 0. The summed E-state index contributed by atoms with van der Waals surface area (Å²) in [6, 6.07) is 12.0. The molecule has 0 saturated carbocycles. The molecule has 2 heterocycles. The first kappa shape index (κ1) is 14.1. The summed E-state index contributed by atoms with van der Waals surface area (Å²) in [6.07, 6.45) is 2.60. The van der Waals surface area contributed by atoms with Gasteiger partial charge in [0.2, 0.25) is 0 Å². The number of likely N-dealkylation sites (tertiary alicyclic amines) is 2. The highest BCUT2D eigenvalue weighted by molar-refractivity contribution is 5.14. The molecule has 0 aromatic heterocycles. The molecule has 2 aliphatic rings. The lowest BCUT2D eigenvalue weighted by atomic mass is 10.0. The summed E-state index contributed by atoms with van der Waals surface area (Å²) in [5.74, 6) is 0.664. The average Bonchev–Trinajstić information content (AvgIpc) is 2.81. The van der Waals surface area contributed by atoms with E-state index in [1.807, 2.05) is 0 Å². The van der Waals surface area contributed by atoms with Crippen LogP contribution in [-0.2, 0) is 6.54 Å². The number of piperidine rings is 1. The monoisotopic (exact) mass is 273 g/mol. The van der Waals surface area contributed by atoms with Gasteiger partial charge in [-0.2, -0.15) is 0 Å². The fraction of sp³-hybridized carbons (Fsp3) is 0.647. The van der Waals surface area contributed by atoms with Crippen molar-refractivity contribution in [2.24, 2.45) is 11.7 Å². The maximum absolute atomic E-state index is 6.15. The highest BCUT2D eigenvalue weighted by atomic mass is 15.2. The van der Waals surface area contributed by atoms with Crippen molar-refractivity contribution in [1.82, 2.24) is 9.80 Å². The summed E-state index contributed by atoms with van der Waals surface area (Å²) in [5.41, 5.74) is 7.59. The van der Waals surface area contributed by atoms with Crippen LogP contribution in [-0.4, -0.2) is 48.1 Å². The molecule has 0 spiro atoms. The second kappa shape index (κ2) is 6.25. The SMILES string of the molecule is CC1CN(C2CCN(Cc3ccccc3)CC2)CC1N. The minimum atomic E-state index is 0.386. The fourth-order valence-electron chi connectivity index (χ4n) is 3.61. The van der Waals surface area contributed by atoms with Crippen LogP contribution in [0.4, 0.5) is 0 Å². The van der Waals surface area contributed by atoms with E-state index in [0.717, 1.165) is 19.1 Å². The van der Waals surface area contributed by atoms with E-state index in [1.54, 1.807) is 0 Å². The van der Waals surface area contributed by atoms with Crippen LogP contribution >= 0.6 is 0 Å². The zero-order valence-electron chi connectivity index (χ0n) is 12.5. The van der Waals surface area contributed by atoms with E-state index >= 15 is 0 Å². The van der Waals surface area contributed by atoms with Crippen LogP contribution in [0.2, 0.25) is 0 Å². The minimum absolute atomic E-state index is 0.386. The number of nitrogens with zero attached hydrogens (tertiary/aromatic N) is 2. The van der Waals surface area contributed by atoms with Crippen LogP contribution < -0.4 is 5.73 Å². The molecule has 0 aliphatic carbocycles. The van der Waals surface area contributed by atoms with Crippen LogP contribution in [0.3, 0.4) is 0 Å². The lowest BCUT2D eigenvalue weighted by Crippen LogP contribution is -2.44. The molecule has 110 valence electrons. The van der Waals surface area contributed by atoms with Gasteiger partial charge < -0.3 is 5.73 Å². The molecule has 0 amide bonds. The van der Waals surface area contributed by atoms with E-state index in [2.05, 4.69) is 47.1 Å². The van der Waals surface area contributed by atoms with Gasteiger partial charge in [0.1, 0.15) is 0 Å². The number of rotatable bonds is 3. The van der Waals surface area contributed by atoms with Crippen LogP contribution in [0.5, 0.6) is 0 Å². The standard InChI is InChI=1S/C17H27N3/c1-14-11-20(13-17(14)18)16-7-9-19(10-8-16)12-15-5-3-2-4-6-15/h2-6,14,16-17H,7-13,18H2,1H3. The van der Waals surface area contributed by atoms with Gasteiger partial charge in [-0.05, 0) is 37.4 Å². The second-order valence-corrected chi connectivity index (χ2v) is 6.59. The van der Waals surface area contributed by atoms with Crippen LogP contribution in [0.15, 0.2) is 30.3 Å². The van der Waals surface area contributed by atoms with Gasteiger partial charge in [-0.1, -0.05) is 37.3 Å². The van der Waals surface area contributed by atoms with Crippen molar-refractivity contribution in [3.8, 4) is 0 Å². The molecular formula is C17H27N3. The first-order valence-electron chi connectivity index (χ1n) is 7.98. The third-order valence-corrected chi connectivity index (χ3v) is 5.02. The number of hydrogen-bond donors (Lipinski definition) is 1. The Balaban J connectivity index is 1.48. The van der Waals surface area contributed by atoms with Crippen molar-refractivity contribution in [2.75, 3.05) is 26.2 Å². The summed E-state index contributed by atoms with van der Waals surface area (Å²) in [6.45, 7) is 8.13. The summed E-state index contributed by atoms with van der Waals surface area (Å²) in [4.78, 5) is 5.22.